The molecule has 0 heterocycles. The number of aryl methyl sites for hydroxylation is 6. The molecule has 0 radical (unpaired) electrons. The van der Waals surface area contributed by atoms with Crippen molar-refractivity contribution in [1.29, 1.82) is 0 Å². The van der Waals surface area contributed by atoms with Crippen molar-refractivity contribution in [3.63, 3.8) is 0 Å². The standard InChI is InChI=1S/C52H47OP/c1-32-24-34(3)47(35(4)25-32)30-40-20-22-45-43-18-12-10-14-38(43)28-49(45)51(40)54(53,42-16-8-7-9-17-42)52-41(31-48-36(5)26-33(2)27-37(48)6)21-23-46-44-19-13-11-15-39(44)29-50(46)52/h7-27H,28-31H2,1-6H3. The summed E-state index contributed by atoms with van der Waals surface area (Å²) in [7, 11) is -3.54. The molecule has 0 unspecified atom stereocenters. The molecule has 2 heteroatoms. The van der Waals surface area contributed by atoms with Crippen LogP contribution in [0.2, 0.25) is 0 Å². The van der Waals surface area contributed by atoms with Crippen molar-refractivity contribution < 1.29 is 4.57 Å². The number of fused-ring (bicyclic) bond motifs is 6. The Balaban J connectivity index is 1.39. The summed E-state index contributed by atoms with van der Waals surface area (Å²) in [6.45, 7) is 13.3. The zero-order chi connectivity index (χ0) is 37.3. The van der Waals surface area contributed by atoms with Gasteiger partial charge >= 0.3 is 0 Å². The van der Waals surface area contributed by atoms with E-state index in [0.29, 0.717) is 0 Å². The second-order valence-electron chi connectivity index (χ2n) is 15.9. The van der Waals surface area contributed by atoms with Gasteiger partial charge in [0.1, 0.15) is 0 Å². The Morgan fingerprint density at radius 2 is 0.833 bits per heavy atom. The first kappa shape index (κ1) is 34.5. The van der Waals surface area contributed by atoms with Gasteiger partial charge in [-0.3, -0.25) is 0 Å². The lowest BCUT2D eigenvalue weighted by molar-refractivity contribution is 0.592. The fraction of sp³-hybridized carbons (Fsp3) is 0.192. The van der Waals surface area contributed by atoms with E-state index >= 15 is 4.57 Å². The van der Waals surface area contributed by atoms with E-state index in [1.54, 1.807) is 0 Å². The Morgan fingerprint density at radius 1 is 0.444 bits per heavy atom. The van der Waals surface area contributed by atoms with Crippen LogP contribution in [0.1, 0.15) is 77.9 Å². The Hall–Kier alpha value is -5.23. The van der Waals surface area contributed by atoms with E-state index in [1.807, 2.05) is 0 Å². The summed E-state index contributed by atoms with van der Waals surface area (Å²) in [6.07, 6.45) is 3.01. The van der Waals surface area contributed by atoms with Gasteiger partial charge in [-0.25, -0.2) is 0 Å². The lowest BCUT2D eigenvalue weighted by Gasteiger charge is -2.30. The summed E-state index contributed by atoms with van der Waals surface area (Å²) in [5, 5.41) is 3.00. The molecule has 0 amide bonds. The Bertz CT molecular complexity index is 2490. The lowest BCUT2D eigenvalue weighted by atomic mass is 9.92. The second-order valence-corrected chi connectivity index (χ2v) is 18.5. The maximum Gasteiger partial charge on any atom is 0.172 e. The van der Waals surface area contributed by atoms with Crippen LogP contribution in [0.25, 0.3) is 22.3 Å². The van der Waals surface area contributed by atoms with E-state index in [2.05, 4.69) is 169 Å². The van der Waals surface area contributed by atoms with Gasteiger partial charge in [-0.2, -0.15) is 0 Å². The van der Waals surface area contributed by atoms with Gasteiger partial charge in [-0.15, -0.1) is 0 Å². The molecule has 0 N–H and O–H groups in total. The smallest absolute Gasteiger partial charge is 0.172 e. The summed E-state index contributed by atoms with van der Waals surface area (Å²) in [4.78, 5) is 0. The molecule has 0 bridgehead atoms. The van der Waals surface area contributed by atoms with Crippen molar-refractivity contribution in [3.8, 4) is 22.3 Å². The summed E-state index contributed by atoms with van der Waals surface area (Å²) < 4.78 is 17.7. The van der Waals surface area contributed by atoms with Crippen LogP contribution in [0.5, 0.6) is 0 Å². The Kier molecular flexibility index (Phi) is 8.48. The molecule has 0 aromatic heterocycles. The molecule has 7 aromatic rings. The third kappa shape index (κ3) is 5.56. The van der Waals surface area contributed by atoms with E-state index < -0.39 is 7.14 Å². The number of hydrogen-bond acceptors (Lipinski definition) is 1. The molecule has 0 saturated carbocycles. The van der Waals surface area contributed by atoms with Gasteiger partial charge in [-0.1, -0.05) is 139 Å². The summed E-state index contributed by atoms with van der Waals surface area (Å²) in [6, 6.07) is 46.6. The first-order valence-electron chi connectivity index (χ1n) is 19.4. The summed E-state index contributed by atoms with van der Waals surface area (Å²) in [5.74, 6) is 0. The molecule has 7 aromatic carbocycles. The Labute approximate surface area is 321 Å². The van der Waals surface area contributed by atoms with E-state index in [-0.39, 0.29) is 0 Å². The zero-order valence-corrected chi connectivity index (χ0v) is 33.2. The highest BCUT2D eigenvalue weighted by Crippen LogP contribution is 2.53. The van der Waals surface area contributed by atoms with Crippen LogP contribution in [0.4, 0.5) is 0 Å². The zero-order valence-electron chi connectivity index (χ0n) is 32.3. The number of hydrogen-bond donors (Lipinski definition) is 0. The van der Waals surface area contributed by atoms with E-state index in [4.69, 9.17) is 0 Å². The van der Waals surface area contributed by atoms with E-state index in [9.17, 15) is 0 Å². The third-order valence-electron chi connectivity index (χ3n) is 12.2. The monoisotopic (exact) mass is 718 g/mol. The predicted molar refractivity (Wildman–Crippen MR) is 229 cm³/mol. The maximum absolute atomic E-state index is 17.7. The highest BCUT2D eigenvalue weighted by atomic mass is 31.2. The molecule has 0 saturated heterocycles. The van der Waals surface area contributed by atoms with Crippen LogP contribution in [0, 0.1) is 41.5 Å². The Morgan fingerprint density at radius 3 is 1.26 bits per heavy atom. The van der Waals surface area contributed by atoms with Crippen LogP contribution in [-0.2, 0) is 30.2 Å². The average molecular weight is 719 g/mol. The molecule has 2 aliphatic carbocycles. The molecule has 0 fully saturated rings. The van der Waals surface area contributed by atoms with Crippen molar-refractivity contribution in [2.45, 2.75) is 67.2 Å². The average Bonchev–Trinajstić information content (AvgIpc) is 3.72. The topological polar surface area (TPSA) is 17.1 Å². The van der Waals surface area contributed by atoms with Crippen molar-refractivity contribution in [2.24, 2.45) is 0 Å². The maximum atomic E-state index is 17.7. The molecule has 0 aliphatic heterocycles. The molecule has 0 atom stereocenters. The van der Waals surface area contributed by atoms with Crippen molar-refractivity contribution in [2.75, 3.05) is 0 Å². The third-order valence-corrected chi connectivity index (χ3v) is 15.6. The molecular weight excluding hydrogens is 672 g/mol. The van der Waals surface area contributed by atoms with Crippen LogP contribution < -0.4 is 15.9 Å². The van der Waals surface area contributed by atoms with Crippen molar-refractivity contribution in [3.05, 3.63) is 205 Å². The normalized spacial score (nSPS) is 12.7. The minimum absolute atomic E-state index is 0.731. The molecule has 54 heavy (non-hydrogen) atoms. The number of rotatable bonds is 7. The molecule has 9 rings (SSSR count). The lowest BCUT2D eigenvalue weighted by Crippen LogP contribution is -2.34. The fourth-order valence-electron chi connectivity index (χ4n) is 9.92. The SMILES string of the molecule is Cc1cc(C)c(Cc2ccc3c(c2P(=O)(c2ccccc2)c2c(Cc4c(C)cc(C)cc4C)ccc4c2Cc2ccccc2-4)Cc2ccccc2-3)c(C)c1. The van der Waals surface area contributed by atoms with Crippen LogP contribution in [0.3, 0.4) is 0 Å². The van der Waals surface area contributed by atoms with Crippen molar-refractivity contribution >= 4 is 23.1 Å². The highest BCUT2D eigenvalue weighted by molar-refractivity contribution is 7.85. The first-order chi connectivity index (χ1) is 26.1. The summed E-state index contributed by atoms with van der Waals surface area (Å²) in [5.41, 5.74) is 22.8. The molecule has 1 nitrogen and oxygen atoms in total. The van der Waals surface area contributed by atoms with Crippen LogP contribution >= 0.6 is 7.14 Å². The van der Waals surface area contributed by atoms with E-state index in [0.717, 1.165) is 41.6 Å². The van der Waals surface area contributed by atoms with E-state index in [1.165, 1.54) is 100 Å². The largest absolute Gasteiger partial charge is 0.309 e. The quantitative estimate of drug-likeness (QED) is 0.150. The van der Waals surface area contributed by atoms with Crippen molar-refractivity contribution in [1.82, 2.24) is 0 Å². The van der Waals surface area contributed by atoms with Gasteiger partial charge in [0.15, 0.2) is 7.14 Å². The van der Waals surface area contributed by atoms with Gasteiger partial charge in [0.25, 0.3) is 0 Å². The molecule has 2 aliphatic rings. The van der Waals surface area contributed by atoms with Crippen LogP contribution in [0.15, 0.2) is 127 Å². The molecular formula is C52H47OP. The fourth-order valence-corrected chi connectivity index (χ4v) is 13.5. The predicted octanol–water partition coefficient (Wildman–Crippen LogP) is 11.5. The molecule has 266 valence electrons. The first-order valence-corrected chi connectivity index (χ1v) is 21.1. The van der Waals surface area contributed by atoms with Gasteiger partial charge < -0.3 is 4.57 Å². The second kappa shape index (κ2) is 13.3. The molecule has 0 spiro atoms. The van der Waals surface area contributed by atoms with Gasteiger partial charge in [-0.05, 0) is 156 Å². The van der Waals surface area contributed by atoms with Gasteiger partial charge in [0, 0.05) is 15.9 Å². The number of benzene rings is 7. The summed E-state index contributed by atoms with van der Waals surface area (Å²) >= 11 is 0. The minimum atomic E-state index is -3.54. The van der Waals surface area contributed by atoms with Crippen LogP contribution in [-0.4, -0.2) is 0 Å². The minimum Gasteiger partial charge on any atom is -0.309 e. The van der Waals surface area contributed by atoms with Gasteiger partial charge in [0.2, 0.25) is 0 Å². The van der Waals surface area contributed by atoms with Gasteiger partial charge in [0.05, 0.1) is 0 Å². The highest BCUT2D eigenvalue weighted by Gasteiger charge is 2.42.